The first-order valence-corrected chi connectivity index (χ1v) is 15.5. The average molecular weight is 658 g/mol. The maximum atomic E-state index is 15.1. The number of fused-ring (bicyclic) bond motifs is 1. The number of rotatable bonds is 9. The molecule has 0 unspecified atom stereocenters. The molecule has 15 heteroatoms. The van der Waals surface area contributed by atoms with Gasteiger partial charge in [0.05, 0.1) is 16.9 Å². The molecular formula is C30H30ClF2N7O4S. The molecular weight excluding hydrogens is 628 g/mol. The molecule has 0 aliphatic carbocycles. The standard InChI is InChI=1S/C30H29F2N7O4S.ClH/c1-17-5-6-22-23(7-8-25(32)27(22)39-44(40,41)16-21-12-18(2)43-38-21)28(17)42-29-24(4-3-10-34-29)26-9-11-35-30(37-26)36-20-13-19(31)14-33-15-20;/h3-12,19-20,33,39H,13-16H2,1-2H3,(H,35,36,37);1H/t19-,20-;/m0./s1. The number of hydrogen-bond acceptors (Lipinski definition) is 10. The molecule has 3 aromatic heterocycles. The summed E-state index contributed by atoms with van der Waals surface area (Å²) in [5.41, 5.74) is 1.77. The van der Waals surface area contributed by atoms with Gasteiger partial charge in [0, 0.05) is 54.8 Å². The zero-order valence-corrected chi connectivity index (χ0v) is 25.9. The monoisotopic (exact) mass is 657 g/mol. The van der Waals surface area contributed by atoms with E-state index < -0.39 is 27.8 Å². The van der Waals surface area contributed by atoms with Crippen LogP contribution in [0.25, 0.3) is 22.0 Å². The van der Waals surface area contributed by atoms with Crippen molar-refractivity contribution < 1.29 is 26.5 Å². The van der Waals surface area contributed by atoms with Crippen molar-refractivity contribution in [1.29, 1.82) is 0 Å². The third kappa shape index (κ3) is 7.30. The number of aryl methyl sites for hydroxylation is 2. The number of anilines is 2. The number of piperidine rings is 1. The normalized spacial score (nSPS) is 16.6. The minimum absolute atomic E-state index is 0. The minimum Gasteiger partial charge on any atom is -0.437 e. The first-order chi connectivity index (χ1) is 21.1. The van der Waals surface area contributed by atoms with Gasteiger partial charge in [-0.15, -0.1) is 12.4 Å². The lowest BCUT2D eigenvalue weighted by Gasteiger charge is -2.26. The number of hydrogen-bond donors (Lipinski definition) is 3. The van der Waals surface area contributed by atoms with Crippen LogP contribution in [0.1, 0.15) is 23.4 Å². The predicted molar refractivity (Wildman–Crippen MR) is 169 cm³/mol. The van der Waals surface area contributed by atoms with E-state index in [2.05, 4.69) is 35.5 Å². The number of aromatic nitrogens is 4. The lowest BCUT2D eigenvalue weighted by molar-refractivity contribution is 0.254. The Bertz CT molecular complexity index is 1940. The fraction of sp³-hybridized carbons (Fsp3) is 0.267. The summed E-state index contributed by atoms with van der Waals surface area (Å²) in [6.07, 6.45) is 2.56. The van der Waals surface area contributed by atoms with Crippen LogP contribution in [0.3, 0.4) is 0 Å². The van der Waals surface area contributed by atoms with Crippen LogP contribution in [0.5, 0.6) is 11.6 Å². The molecule has 0 radical (unpaired) electrons. The summed E-state index contributed by atoms with van der Waals surface area (Å²) < 4.78 is 68.6. The lowest BCUT2D eigenvalue weighted by Crippen LogP contribution is -2.44. The van der Waals surface area contributed by atoms with Gasteiger partial charge in [-0.2, -0.15) is 0 Å². The molecule has 3 N–H and O–H groups in total. The average Bonchev–Trinajstić information content (AvgIpc) is 3.39. The first-order valence-electron chi connectivity index (χ1n) is 13.9. The molecule has 1 aliphatic rings. The summed E-state index contributed by atoms with van der Waals surface area (Å²) in [7, 11) is -4.04. The van der Waals surface area contributed by atoms with Crippen LogP contribution in [0.15, 0.2) is 65.4 Å². The van der Waals surface area contributed by atoms with Crippen molar-refractivity contribution in [2.24, 2.45) is 0 Å². The van der Waals surface area contributed by atoms with Crippen molar-refractivity contribution in [3.8, 4) is 22.9 Å². The molecule has 0 bridgehead atoms. The van der Waals surface area contributed by atoms with Crippen molar-refractivity contribution in [3.05, 3.63) is 83.8 Å². The summed E-state index contributed by atoms with van der Waals surface area (Å²) in [6, 6.07) is 12.6. The van der Waals surface area contributed by atoms with E-state index in [0.717, 1.165) is 0 Å². The molecule has 4 heterocycles. The highest BCUT2D eigenvalue weighted by molar-refractivity contribution is 7.91. The van der Waals surface area contributed by atoms with Gasteiger partial charge in [-0.05, 0) is 49.7 Å². The number of alkyl halides is 1. The van der Waals surface area contributed by atoms with Crippen molar-refractivity contribution in [2.75, 3.05) is 23.1 Å². The number of halogens is 3. The predicted octanol–water partition coefficient (Wildman–Crippen LogP) is 5.70. The number of pyridine rings is 1. The number of benzene rings is 2. The Morgan fingerprint density at radius 1 is 1.07 bits per heavy atom. The molecule has 0 saturated carbocycles. The van der Waals surface area contributed by atoms with Crippen molar-refractivity contribution >= 4 is 44.8 Å². The second-order valence-electron chi connectivity index (χ2n) is 10.6. The van der Waals surface area contributed by atoms with Crippen LogP contribution < -0.4 is 20.1 Å². The zero-order chi connectivity index (χ0) is 30.8. The van der Waals surface area contributed by atoms with Crippen LogP contribution in [0, 0.1) is 19.7 Å². The van der Waals surface area contributed by atoms with Gasteiger partial charge >= 0.3 is 0 Å². The Morgan fingerprint density at radius 3 is 2.67 bits per heavy atom. The van der Waals surface area contributed by atoms with E-state index in [9.17, 15) is 12.8 Å². The summed E-state index contributed by atoms with van der Waals surface area (Å²) in [4.78, 5) is 13.4. The summed E-state index contributed by atoms with van der Waals surface area (Å²) in [5.74, 6) is 0.150. The largest absolute Gasteiger partial charge is 0.437 e. The lowest BCUT2D eigenvalue weighted by atomic mass is 10.0. The summed E-state index contributed by atoms with van der Waals surface area (Å²) in [6.45, 7) is 4.38. The number of sulfonamides is 1. The molecule has 1 aliphatic heterocycles. The zero-order valence-electron chi connectivity index (χ0n) is 24.3. The third-order valence-corrected chi connectivity index (χ3v) is 8.29. The molecule has 2 atom stereocenters. The Kier molecular flexibility index (Phi) is 9.46. The van der Waals surface area contributed by atoms with Gasteiger partial charge in [0.1, 0.15) is 34.9 Å². The maximum Gasteiger partial charge on any atom is 0.238 e. The van der Waals surface area contributed by atoms with Crippen LogP contribution in [0.2, 0.25) is 0 Å². The molecule has 1 fully saturated rings. The third-order valence-electron chi connectivity index (χ3n) is 7.10. The van der Waals surface area contributed by atoms with Gasteiger partial charge in [-0.1, -0.05) is 17.3 Å². The van der Waals surface area contributed by atoms with Crippen molar-refractivity contribution in [3.63, 3.8) is 0 Å². The fourth-order valence-electron chi connectivity index (χ4n) is 5.10. The number of nitrogens with zero attached hydrogens (tertiary/aromatic N) is 4. The van der Waals surface area contributed by atoms with E-state index in [4.69, 9.17) is 9.26 Å². The fourth-order valence-corrected chi connectivity index (χ4v) is 6.21. The highest BCUT2D eigenvalue weighted by Crippen LogP contribution is 2.39. The van der Waals surface area contributed by atoms with Gasteiger partial charge in [0.15, 0.2) is 0 Å². The maximum absolute atomic E-state index is 15.1. The summed E-state index contributed by atoms with van der Waals surface area (Å²) in [5, 5.41) is 10.7. The summed E-state index contributed by atoms with van der Waals surface area (Å²) >= 11 is 0. The molecule has 2 aromatic carbocycles. The van der Waals surface area contributed by atoms with E-state index in [1.807, 2.05) is 6.92 Å². The van der Waals surface area contributed by atoms with Crippen LogP contribution >= 0.6 is 12.4 Å². The molecule has 1 saturated heterocycles. The molecule has 45 heavy (non-hydrogen) atoms. The topological polar surface area (TPSA) is 144 Å². The van der Waals surface area contributed by atoms with Crippen LogP contribution in [0.4, 0.5) is 20.4 Å². The first kappa shape index (κ1) is 32.0. The van der Waals surface area contributed by atoms with Gasteiger partial charge in [0.25, 0.3) is 0 Å². The van der Waals surface area contributed by atoms with Crippen LogP contribution in [-0.2, 0) is 15.8 Å². The van der Waals surface area contributed by atoms with Gasteiger partial charge in [-0.3, -0.25) is 4.72 Å². The minimum atomic E-state index is -4.04. The smallest absolute Gasteiger partial charge is 0.238 e. The van der Waals surface area contributed by atoms with E-state index in [1.54, 1.807) is 49.6 Å². The molecule has 0 spiro atoms. The number of nitrogens with one attached hydrogen (secondary N) is 3. The number of ether oxygens (including phenoxy) is 1. The highest BCUT2D eigenvalue weighted by Gasteiger charge is 2.23. The Balaban J connectivity index is 0.00000400. The molecule has 0 amide bonds. The molecule has 5 aromatic rings. The Morgan fingerprint density at radius 2 is 1.89 bits per heavy atom. The van der Waals surface area contributed by atoms with Gasteiger partial charge in [-0.25, -0.2) is 32.2 Å². The second-order valence-corrected chi connectivity index (χ2v) is 12.3. The van der Waals surface area contributed by atoms with Crippen molar-refractivity contribution in [2.45, 2.75) is 38.2 Å². The quantitative estimate of drug-likeness (QED) is 0.180. The van der Waals surface area contributed by atoms with E-state index in [-0.39, 0.29) is 35.7 Å². The Labute approximate surface area is 264 Å². The van der Waals surface area contributed by atoms with Crippen LogP contribution in [-0.4, -0.2) is 53.8 Å². The SMILES string of the molecule is Cc1cc(CS(=O)(=O)Nc2c(F)ccc3c(Oc4ncccc4-c4ccnc(N[C@@H]5CNC[C@@H](F)C5)n4)c(C)ccc23)no1.Cl. The highest BCUT2D eigenvalue weighted by atomic mass is 35.5. The van der Waals surface area contributed by atoms with E-state index in [1.165, 1.54) is 18.2 Å². The molecule has 6 rings (SSSR count). The Hall–Kier alpha value is -4.40. The van der Waals surface area contributed by atoms with Gasteiger partial charge < -0.3 is 19.9 Å². The molecule has 11 nitrogen and oxygen atoms in total. The van der Waals surface area contributed by atoms with Crippen molar-refractivity contribution in [1.82, 2.24) is 25.4 Å². The second kappa shape index (κ2) is 13.3. The van der Waals surface area contributed by atoms with E-state index >= 15 is 4.39 Å². The van der Waals surface area contributed by atoms with Gasteiger partial charge in [0.2, 0.25) is 21.9 Å². The van der Waals surface area contributed by atoms with E-state index in [0.29, 0.717) is 64.6 Å². The molecule has 236 valence electrons.